The maximum atomic E-state index is 5.75. The lowest BCUT2D eigenvalue weighted by atomic mass is 10.1. The van der Waals surface area contributed by atoms with E-state index in [9.17, 15) is 0 Å². The zero-order valence-electron chi connectivity index (χ0n) is 11.2. The summed E-state index contributed by atoms with van der Waals surface area (Å²) in [5, 5.41) is 0. The third kappa shape index (κ3) is 3.49. The molecule has 0 atom stereocenters. The predicted octanol–water partition coefficient (Wildman–Crippen LogP) is 4.05. The van der Waals surface area contributed by atoms with Gasteiger partial charge in [-0.2, -0.15) is 0 Å². The number of fused-ring (bicyclic) bond motifs is 1. The highest BCUT2D eigenvalue weighted by atomic mass is 14.9. The van der Waals surface area contributed by atoms with Gasteiger partial charge in [-0.25, -0.2) is 4.98 Å². The van der Waals surface area contributed by atoms with Gasteiger partial charge in [0.2, 0.25) is 0 Å². The Kier molecular flexibility index (Phi) is 4.62. The number of nitrogens with two attached hydrogens (primary N) is 1. The molecule has 0 amide bonds. The Hall–Kier alpha value is -1.51. The number of benzene rings is 1. The van der Waals surface area contributed by atoms with Gasteiger partial charge in [0.25, 0.3) is 0 Å². The van der Waals surface area contributed by atoms with Gasteiger partial charge in [0.05, 0.1) is 11.0 Å². The molecule has 0 saturated heterocycles. The summed E-state index contributed by atoms with van der Waals surface area (Å²) < 4.78 is 0. The Labute approximate surface area is 109 Å². The lowest BCUT2D eigenvalue weighted by Crippen LogP contribution is -1.88. The number of nitrogen functional groups attached to an aromatic ring is 1. The Bertz CT molecular complexity index is 487. The summed E-state index contributed by atoms with van der Waals surface area (Å²) >= 11 is 0. The first-order valence-corrected chi connectivity index (χ1v) is 7.03. The molecular weight excluding hydrogens is 222 g/mol. The molecule has 0 radical (unpaired) electrons. The maximum absolute atomic E-state index is 5.75. The van der Waals surface area contributed by atoms with Crippen LogP contribution in [-0.2, 0) is 6.42 Å². The monoisotopic (exact) mass is 245 g/mol. The van der Waals surface area contributed by atoms with Gasteiger partial charge in [-0.3, -0.25) is 0 Å². The van der Waals surface area contributed by atoms with Gasteiger partial charge < -0.3 is 10.7 Å². The number of H-pyrrole nitrogens is 1. The Morgan fingerprint density at radius 3 is 2.72 bits per heavy atom. The second-order valence-corrected chi connectivity index (χ2v) is 4.98. The second-order valence-electron chi connectivity index (χ2n) is 4.98. The molecule has 0 unspecified atom stereocenters. The number of aromatic nitrogens is 2. The zero-order chi connectivity index (χ0) is 12.8. The molecule has 1 heterocycles. The van der Waals surface area contributed by atoms with Crippen LogP contribution >= 0.6 is 0 Å². The van der Waals surface area contributed by atoms with Crippen molar-refractivity contribution in [3.05, 3.63) is 24.0 Å². The lowest BCUT2D eigenvalue weighted by molar-refractivity contribution is 0.602. The number of anilines is 1. The van der Waals surface area contributed by atoms with Crippen LogP contribution in [0, 0.1) is 0 Å². The highest BCUT2D eigenvalue weighted by Crippen LogP contribution is 2.16. The maximum Gasteiger partial charge on any atom is 0.107 e. The van der Waals surface area contributed by atoms with Crippen LogP contribution < -0.4 is 5.73 Å². The van der Waals surface area contributed by atoms with E-state index in [0.717, 1.165) is 29.0 Å². The van der Waals surface area contributed by atoms with Gasteiger partial charge in [-0.1, -0.05) is 39.0 Å². The minimum atomic E-state index is 0.789. The first kappa shape index (κ1) is 12.9. The third-order valence-corrected chi connectivity index (χ3v) is 3.32. The van der Waals surface area contributed by atoms with Crippen molar-refractivity contribution in [2.24, 2.45) is 0 Å². The van der Waals surface area contributed by atoms with Gasteiger partial charge in [0, 0.05) is 12.1 Å². The average Bonchev–Trinajstić information content (AvgIpc) is 2.75. The van der Waals surface area contributed by atoms with Crippen LogP contribution in [0.3, 0.4) is 0 Å². The summed E-state index contributed by atoms with van der Waals surface area (Å²) in [6.45, 7) is 2.25. The molecule has 0 aliphatic heterocycles. The highest BCUT2D eigenvalue weighted by molar-refractivity contribution is 5.78. The minimum Gasteiger partial charge on any atom is -0.399 e. The van der Waals surface area contributed by atoms with Gasteiger partial charge >= 0.3 is 0 Å². The zero-order valence-corrected chi connectivity index (χ0v) is 11.2. The molecule has 2 aromatic rings. The van der Waals surface area contributed by atoms with Crippen LogP contribution in [0.1, 0.15) is 51.3 Å². The number of rotatable bonds is 7. The number of aromatic amines is 1. The van der Waals surface area contributed by atoms with Crippen molar-refractivity contribution in [1.29, 1.82) is 0 Å². The summed E-state index contributed by atoms with van der Waals surface area (Å²) in [6.07, 6.45) is 8.96. The Morgan fingerprint density at radius 1 is 1.11 bits per heavy atom. The van der Waals surface area contributed by atoms with E-state index in [4.69, 9.17) is 5.73 Å². The number of aryl methyl sites for hydroxylation is 1. The molecule has 2 rings (SSSR count). The molecular formula is C15H23N3. The Balaban J connectivity index is 1.81. The van der Waals surface area contributed by atoms with Crippen LogP contribution in [-0.4, -0.2) is 9.97 Å². The lowest BCUT2D eigenvalue weighted by Gasteiger charge is -1.98. The number of nitrogens with zero attached hydrogens (tertiary/aromatic N) is 1. The largest absolute Gasteiger partial charge is 0.399 e. The van der Waals surface area contributed by atoms with Crippen molar-refractivity contribution in [1.82, 2.24) is 9.97 Å². The van der Waals surface area contributed by atoms with E-state index in [-0.39, 0.29) is 0 Å². The van der Waals surface area contributed by atoms with Gasteiger partial charge in [0.15, 0.2) is 0 Å². The molecule has 3 N–H and O–H groups in total. The normalized spacial score (nSPS) is 11.2. The van der Waals surface area contributed by atoms with E-state index >= 15 is 0 Å². The molecule has 3 nitrogen and oxygen atoms in total. The van der Waals surface area contributed by atoms with Crippen LogP contribution in [0.4, 0.5) is 5.69 Å². The summed E-state index contributed by atoms with van der Waals surface area (Å²) in [4.78, 5) is 7.92. The minimum absolute atomic E-state index is 0.789. The average molecular weight is 245 g/mol. The van der Waals surface area contributed by atoms with E-state index < -0.39 is 0 Å². The molecule has 0 bridgehead atoms. The van der Waals surface area contributed by atoms with E-state index in [1.54, 1.807) is 0 Å². The van der Waals surface area contributed by atoms with Gasteiger partial charge in [-0.15, -0.1) is 0 Å². The topological polar surface area (TPSA) is 54.7 Å². The van der Waals surface area contributed by atoms with E-state index in [1.165, 1.54) is 38.5 Å². The van der Waals surface area contributed by atoms with E-state index in [0.29, 0.717) is 0 Å². The van der Waals surface area contributed by atoms with Crippen molar-refractivity contribution in [3.63, 3.8) is 0 Å². The van der Waals surface area contributed by atoms with Gasteiger partial charge in [0.1, 0.15) is 5.82 Å². The summed E-state index contributed by atoms with van der Waals surface area (Å²) in [5.41, 5.74) is 8.61. The van der Waals surface area contributed by atoms with Crippen molar-refractivity contribution >= 4 is 16.7 Å². The number of imidazole rings is 1. The van der Waals surface area contributed by atoms with Crippen molar-refractivity contribution in [3.8, 4) is 0 Å². The van der Waals surface area contributed by atoms with Crippen LogP contribution in [0.15, 0.2) is 18.2 Å². The second kappa shape index (κ2) is 6.43. The number of hydrogen-bond donors (Lipinski definition) is 2. The fourth-order valence-electron chi connectivity index (χ4n) is 2.27. The fraction of sp³-hybridized carbons (Fsp3) is 0.533. The number of nitrogens with one attached hydrogen (secondary N) is 1. The van der Waals surface area contributed by atoms with Crippen molar-refractivity contribution in [2.45, 2.75) is 51.9 Å². The highest BCUT2D eigenvalue weighted by Gasteiger charge is 2.02. The fourth-order valence-corrected chi connectivity index (χ4v) is 2.27. The third-order valence-electron chi connectivity index (χ3n) is 3.32. The van der Waals surface area contributed by atoms with Gasteiger partial charge in [-0.05, 0) is 24.6 Å². The van der Waals surface area contributed by atoms with Crippen LogP contribution in [0.2, 0.25) is 0 Å². The molecule has 18 heavy (non-hydrogen) atoms. The SMILES string of the molecule is CCCCCCCCc1nc2ccc(N)cc2[nH]1. The first-order chi connectivity index (χ1) is 8.79. The quantitative estimate of drug-likeness (QED) is 0.571. The molecule has 1 aromatic heterocycles. The predicted molar refractivity (Wildman–Crippen MR) is 77.6 cm³/mol. The molecule has 3 heteroatoms. The number of hydrogen-bond acceptors (Lipinski definition) is 2. The first-order valence-electron chi connectivity index (χ1n) is 7.03. The van der Waals surface area contributed by atoms with Crippen LogP contribution in [0.5, 0.6) is 0 Å². The van der Waals surface area contributed by atoms with E-state index in [2.05, 4.69) is 16.9 Å². The van der Waals surface area contributed by atoms with Crippen molar-refractivity contribution < 1.29 is 0 Å². The Morgan fingerprint density at radius 2 is 1.89 bits per heavy atom. The molecule has 1 aromatic carbocycles. The summed E-state index contributed by atoms with van der Waals surface area (Å²) in [7, 11) is 0. The molecule has 98 valence electrons. The van der Waals surface area contributed by atoms with Crippen molar-refractivity contribution in [2.75, 3.05) is 5.73 Å². The van der Waals surface area contributed by atoms with E-state index in [1.807, 2.05) is 18.2 Å². The van der Waals surface area contributed by atoms with Crippen LogP contribution in [0.25, 0.3) is 11.0 Å². The molecule has 0 fully saturated rings. The molecule has 0 saturated carbocycles. The molecule has 0 aliphatic carbocycles. The summed E-state index contributed by atoms with van der Waals surface area (Å²) in [6, 6.07) is 5.83. The standard InChI is InChI=1S/C15H23N3/c1-2-3-4-5-6-7-8-15-17-13-10-9-12(16)11-14(13)18-15/h9-11H,2-8,16H2,1H3,(H,17,18). The molecule has 0 aliphatic rings. The smallest absolute Gasteiger partial charge is 0.107 e. The summed E-state index contributed by atoms with van der Waals surface area (Å²) in [5.74, 6) is 1.09. The molecule has 0 spiro atoms. The number of unbranched alkanes of at least 4 members (excludes halogenated alkanes) is 5.